The van der Waals surface area contributed by atoms with Crippen LogP contribution in [0.3, 0.4) is 0 Å². The Kier molecular flexibility index (Phi) is 42.5. The molecule has 0 saturated heterocycles. The van der Waals surface area contributed by atoms with E-state index < -0.39 is 24.3 Å². The van der Waals surface area contributed by atoms with Gasteiger partial charge in [0.1, 0.15) is 13.2 Å². The number of allylic oxidation sites excluding steroid dienone is 14. The highest BCUT2D eigenvalue weighted by molar-refractivity contribution is 5.70. The molecule has 0 rings (SSSR count). The Balaban J connectivity index is 4.44. The van der Waals surface area contributed by atoms with E-state index in [0.29, 0.717) is 17.4 Å². The molecule has 0 N–H and O–H groups in total. The van der Waals surface area contributed by atoms with Crippen LogP contribution in [0.1, 0.15) is 181 Å². The zero-order chi connectivity index (χ0) is 46.3. The molecule has 0 radical (unpaired) electrons. The summed E-state index contributed by atoms with van der Waals surface area (Å²) in [6, 6.07) is 0. The molecule has 0 fully saturated rings. The molecule has 2 atom stereocenters. The van der Waals surface area contributed by atoms with Crippen LogP contribution in [0.5, 0.6) is 0 Å². The maximum atomic E-state index is 12.8. The Bertz CT molecular complexity index is 1300. The molecular weight excluding hydrogens is 791 g/mol. The number of nitrogens with zero attached hydrogens (tertiary/aromatic N) is 1. The number of unbranched alkanes of at least 4 members (excludes halogenated alkanes) is 15. The number of carboxylic acids is 1. The predicted molar refractivity (Wildman–Crippen MR) is 260 cm³/mol. The van der Waals surface area contributed by atoms with Crippen LogP contribution in [0, 0.1) is 0 Å². The number of ether oxygens (including phenoxy) is 4. The van der Waals surface area contributed by atoms with E-state index in [1.165, 1.54) is 64.2 Å². The molecule has 0 aliphatic rings. The second kappa shape index (κ2) is 45.1. The lowest BCUT2D eigenvalue weighted by Crippen LogP contribution is -2.44. The largest absolute Gasteiger partial charge is 0.545 e. The van der Waals surface area contributed by atoms with Crippen molar-refractivity contribution < 1.29 is 42.9 Å². The van der Waals surface area contributed by atoms with Gasteiger partial charge in [0.25, 0.3) is 0 Å². The Morgan fingerprint density at radius 3 is 1.35 bits per heavy atom. The first-order valence-corrected chi connectivity index (χ1v) is 24.7. The van der Waals surface area contributed by atoms with Gasteiger partial charge in [-0.3, -0.25) is 9.59 Å². The molecular formula is C54H91NO8. The van der Waals surface area contributed by atoms with Crippen LogP contribution in [0.25, 0.3) is 0 Å². The fraction of sp³-hybridized carbons (Fsp3) is 0.685. The molecule has 9 heteroatoms. The second-order valence-electron chi connectivity index (χ2n) is 17.4. The van der Waals surface area contributed by atoms with Gasteiger partial charge < -0.3 is 33.3 Å². The summed E-state index contributed by atoms with van der Waals surface area (Å²) in [5.41, 5.74) is 0. The Hall–Kier alpha value is -3.53. The average Bonchev–Trinajstić information content (AvgIpc) is 3.24. The third-order valence-corrected chi connectivity index (χ3v) is 10.2. The summed E-state index contributed by atoms with van der Waals surface area (Å²) in [7, 11) is 5.89. The number of carbonyl (C=O) groups is 3. The van der Waals surface area contributed by atoms with Gasteiger partial charge in [0.05, 0.1) is 40.3 Å². The molecule has 0 saturated carbocycles. The van der Waals surface area contributed by atoms with E-state index in [4.69, 9.17) is 18.9 Å². The predicted octanol–water partition coefficient (Wildman–Crippen LogP) is 12.3. The van der Waals surface area contributed by atoms with Crippen LogP contribution >= 0.6 is 0 Å². The van der Waals surface area contributed by atoms with Gasteiger partial charge in [-0.25, -0.2) is 0 Å². The summed E-state index contributed by atoms with van der Waals surface area (Å²) >= 11 is 0. The van der Waals surface area contributed by atoms with Crippen molar-refractivity contribution in [2.45, 2.75) is 193 Å². The number of quaternary nitrogens is 1. The molecule has 0 aromatic heterocycles. The number of carbonyl (C=O) groups excluding carboxylic acids is 3. The molecule has 0 amide bonds. The molecule has 0 aromatic rings. The van der Waals surface area contributed by atoms with Crippen molar-refractivity contribution in [2.24, 2.45) is 0 Å². The van der Waals surface area contributed by atoms with Gasteiger partial charge >= 0.3 is 11.9 Å². The third kappa shape index (κ3) is 46.3. The summed E-state index contributed by atoms with van der Waals surface area (Å²) in [5, 5.41) is 11.7. The summed E-state index contributed by atoms with van der Waals surface area (Å²) < 4.78 is 22.5. The van der Waals surface area contributed by atoms with Crippen molar-refractivity contribution in [3.05, 3.63) is 85.1 Å². The lowest BCUT2D eigenvalue weighted by atomic mass is 10.0. The fourth-order valence-electron chi connectivity index (χ4n) is 6.34. The van der Waals surface area contributed by atoms with Gasteiger partial charge in [0.2, 0.25) is 0 Å². The van der Waals surface area contributed by atoms with E-state index in [2.05, 4.69) is 98.9 Å². The van der Waals surface area contributed by atoms with Crippen molar-refractivity contribution in [1.29, 1.82) is 0 Å². The van der Waals surface area contributed by atoms with Crippen LogP contribution in [0.2, 0.25) is 0 Å². The Morgan fingerprint density at radius 2 is 0.905 bits per heavy atom. The minimum atomic E-state index is -1.63. The zero-order valence-corrected chi connectivity index (χ0v) is 40.7. The van der Waals surface area contributed by atoms with E-state index in [-0.39, 0.29) is 38.6 Å². The number of hydrogen-bond acceptors (Lipinski definition) is 8. The van der Waals surface area contributed by atoms with Gasteiger partial charge in [0, 0.05) is 12.8 Å². The number of rotatable bonds is 44. The normalized spacial score (nSPS) is 13.6. The number of esters is 2. The zero-order valence-electron chi connectivity index (χ0n) is 40.7. The summed E-state index contributed by atoms with van der Waals surface area (Å²) in [6.45, 7) is 4.57. The molecule has 0 aliphatic heterocycles. The lowest BCUT2D eigenvalue weighted by molar-refractivity contribution is -0.870. The fourth-order valence-corrected chi connectivity index (χ4v) is 6.34. The molecule has 63 heavy (non-hydrogen) atoms. The topological polar surface area (TPSA) is 111 Å². The maximum Gasteiger partial charge on any atom is 0.306 e. The van der Waals surface area contributed by atoms with E-state index in [9.17, 15) is 19.5 Å². The molecule has 0 heterocycles. The highest BCUT2D eigenvalue weighted by Gasteiger charge is 2.21. The molecule has 0 aromatic carbocycles. The molecule has 9 nitrogen and oxygen atoms in total. The van der Waals surface area contributed by atoms with E-state index in [0.717, 1.165) is 83.5 Å². The van der Waals surface area contributed by atoms with E-state index in [1.54, 1.807) is 0 Å². The Morgan fingerprint density at radius 1 is 0.492 bits per heavy atom. The maximum absolute atomic E-state index is 12.8. The summed E-state index contributed by atoms with van der Waals surface area (Å²) in [6.07, 6.45) is 54.7. The quantitative estimate of drug-likeness (QED) is 0.0196. The van der Waals surface area contributed by atoms with E-state index >= 15 is 0 Å². The summed E-state index contributed by atoms with van der Waals surface area (Å²) in [5.74, 6) is -2.34. The first kappa shape index (κ1) is 59.5. The molecule has 0 aliphatic carbocycles. The van der Waals surface area contributed by atoms with Gasteiger partial charge in [-0.1, -0.05) is 182 Å². The van der Waals surface area contributed by atoms with Gasteiger partial charge in [0.15, 0.2) is 12.4 Å². The van der Waals surface area contributed by atoms with Gasteiger partial charge in [-0.15, -0.1) is 0 Å². The average molecular weight is 882 g/mol. The van der Waals surface area contributed by atoms with Crippen molar-refractivity contribution in [3.8, 4) is 0 Å². The van der Waals surface area contributed by atoms with Crippen molar-refractivity contribution in [1.82, 2.24) is 0 Å². The van der Waals surface area contributed by atoms with Crippen LogP contribution in [0.15, 0.2) is 85.1 Å². The Labute approximate surface area is 385 Å². The molecule has 0 spiro atoms. The van der Waals surface area contributed by atoms with Crippen LogP contribution in [0.4, 0.5) is 0 Å². The smallest absolute Gasteiger partial charge is 0.306 e. The SMILES string of the molecule is CC/C=C\C/C=C\C/C=C\C/C=C\C/C=C\C/C=C\C/C=C\CCCCCC(=O)OC(COC(=O)CCCCCCCCCCCCCCC)COC(OCC[N+](C)(C)C)C(=O)[O-]. The number of carboxylic acid groups (broad SMARTS) is 1. The van der Waals surface area contributed by atoms with Crippen molar-refractivity contribution >= 4 is 17.9 Å². The molecule has 0 bridgehead atoms. The van der Waals surface area contributed by atoms with Gasteiger partial charge in [-0.05, 0) is 70.6 Å². The highest BCUT2D eigenvalue weighted by Crippen LogP contribution is 2.14. The summed E-state index contributed by atoms with van der Waals surface area (Å²) in [4.78, 5) is 37.1. The second-order valence-corrected chi connectivity index (χ2v) is 17.4. The van der Waals surface area contributed by atoms with Crippen molar-refractivity contribution in [3.63, 3.8) is 0 Å². The van der Waals surface area contributed by atoms with Crippen LogP contribution in [-0.4, -0.2) is 82.3 Å². The number of hydrogen-bond donors (Lipinski definition) is 0. The highest BCUT2D eigenvalue weighted by atomic mass is 16.7. The van der Waals surface area contributed by atoms with Crippen molar-refractivity contribution in [2.75, 3.05) is 47.5 Å². The number of aliphatic carboxylic acids is 1. The van der Waals surface area contributed by atoms with Crippen LogP contribution < -0.4 is 5.11 Å². The third-order valence-electron chi connectivity index (χ3n) is 10.2. The minimum Gasteiger partial charge on any atom is -0.545 e. The first-order chi connectivity index (χ1) is 30.6. The van der Waals surface area contributed by atoms with Gasteiger partial charge in [-0.2, -0.15) is 0 Å². The molecule has 360 valence electrons. The van der Waals surface area contributed by atoms with E-state index in [1.807, 2.05) is 21.1 Å². The monoisotopic (exact) mass is 882 g/mol. The standard InChI is InChI=1S/C54H91NO8/c1-6-8-10-12-14-16-18-20-21-22-23-24-25-26-27-28-29-30-31-33-35-37-39-41-43-45-52(57)63-50(49-62-54(53(58)59)60-47-46-55(3,4)5)48-61-51(56)44-42-40-38-36-34-32-19-17-15-13-11-9-7-2/h8,10,14,16,20-21,23-24,26-27,29-30,33,35,50,54H,6-7,9,11-13,15,17-19,22,25,28,31-32,34,36-49H2,1-5H3/b10-8-,16-14-,21-20-,24-23-,27-26-,30-29-,35-33-. The minimum absolute atomic E-state index is 0.137. The number of likely N-dealkylation sites (N-methyl/N-ethyl adjacent to an activating group) is 1. The first-order valence-electron chi connectivity index (χ1n) is 24.7. The lowest BCUT2D eigenvalue weighted by Gasteiger charge is -2.26. The molecule has 2 unspecified atom stereocenters. The van der Waals surface area contributed by atoms with Crippen LogP contribution in [-0.2, 0) is 33.3 Å².